The van der Waals surface area contributed by atoms with E-state index in [9.17, 15) is 10.2 Å². The number of aromatic hydroxyl groups is 2. The summed E-state index contributed by atoms with van der Waals surface area (Å²) < 4.78 is 5.12. The number of nitrogens with zero attached hydrogens (tertiary/aromatic N) is 2. The standard InChI is InChI=1S/C16H12N2O3/c19-13-7-3-1-5-11(13)9-10-15-17-16(21-18-15)12-6-2-4-8-14(12)20/h1-10,19-20H. The maximum Gasteiger partial charge on any atom is 0.261 e. The van der Waals surface area contributed by atoms with Gasteiger partial charge in [0, 0.05) is 5.56 Å². The van der Waals surface area contributed by atoms with Gasteiger partial charge in [0.1, 0.15) is 11.5 Å². The number of benzene rings is 2. The van der Waals surface area contributed by atoms with Crippen LogP contribution >= 0.6 is 0 Å². The van der Waals surface area contributed by atoms with Gasteiger partial charge in [0.05, 0.1) is 5.56 Å². The van der Waals surface area contributed by atoms with E-state index >= 15 is 0 Å². The van der Waals surface area contributed by atoms with E-state index in [4.69, 9.17) is 4.52 Å². The second-order valence-corrected chi connectivity index (χ2v) is 4.37. The van der Waals surface area contributed by atoms with Crippen molar-refractivity contribution in [2.24, 2.45) is 0 Å². The van der Waals surface area contributed by atoms with Crippen LogP contribution in [0.3, 0.4) is 0 Å². The summed E-state index contributed by atoms with van der Waals surface area (Å²) >= 11 is 0. The summed E-state index contributed by atoms with van der Waals surface area (Å²) in [5, 5.41) is 23.2. The van der Waals surface area contributed by atoms with Crippen molar-refractivity contribution >= 4 is 12.2 Å². The number of phenolic OH excluding ortho intramolecular Hbond substituents is 2. The molecular weight excluding hydrogens is 268 g/mol. The molecule has 0 unspecified atom stereocenters. The van der Waals surface area contributed by atoms with Crippen molar-refractivity contribution in [3.63, 3.8) is 0 Å². The topological polar surface area (TPSA) is 79.4 Å². The number of hydrogen-bond donors (Lipinski definition) is 2. The highest BCUT2D eigenvalue weighted by Gasteiger charge is 2.10. The van der Waals surface area contributed by atoms with Gasteiger partial charge >= 0.3 is 0 Å². The molecule has 5 nitrogen and oxygen atoms in total. The zero-order chi connectivity index (χ0) is 14.7. The maximum atomic E-state index is 9.74. The van der Waals surface area contributed by atoms with Crippen molar-refractivity contribution in [1.82, 2.24) is 10.1 Å². The molecule has 0 fully saturated rings. The molecule has 21 heavy (non-hydrogen) atoms. The molecule has 1 aromatic heterocycles. The molecule has 0 saturated carbocycles. The molecule has 104 valence electrons. The third-order valence-electron chi connectivity index (χ3n) is 2.92. The van der Waals surface area contributed by atoms with Gasteiger partial charge in [-0.05, 0) is 30.4 Å². The Bertz CT molecular complexity index is 793. The van der Waals surface area contributed by atoms with Gasteiger partial charge in [-0.1, -0.05) is 35.5 Å². The monoisotopic (exact) mass is 280 g/mol. The van der Waals surface area contributed by atoms with E-state index in [0.717, 1.165) is 0 Å². The molecule has 2 N–H and O–H groups in total. The van der Waals surface area contributed by atoms with Crippen LogP contribution in [0.1, 0.15) is 11.4 Å². The van der Waals surface area contributed by atoms with Crippen molar-refractivity contribution in [3.8, 4) is 23.0 Å². The lowest BCUT2D eigenvalue weighted by atomic mass is 10.2. The van der Waals surface area contributed by atoms with E-state index in [1.807, 2.05) is 6.07 Å². The summed E-state index contributed by atoms with van der Waals surface area (Å²) in [7, 11) is 0. The Morgan fingerprint density at radius 3 is 2.33 bits per heavy atom. The molecule has 0 amide bonds. The molecule has 0 aliphatic heterocycles. The minimum Gasteiger partial charge on any atom is -0.507 e. The Balaban J connectivity index is 1.86. The lowest BCUT2D eigenvalue weighted by molar-refractivity contribution is 0.423. The SMILES string of the molecule is Oc1ccccc1C=Cc1noc(-c2ccccc2O)n1. The average molecular weight is 280 g/mol. The van der Waals surface area contributed by atoms with Gasteiger partial charge in [-0.2, -0.15) is 4.98 Å². The van der Waals surface area contributed by atoms with Gasteiger partial charge in [0.2, 0.25) is 0 Å². The first-order valence-electron chi connectivity index (χ1n) is 6.32. The molecule has 0 aliphatic carbocycles. The highest BCUT2D eigenvalue weighted by Crippen LogP contribution is 2.27. The van der Waals surface area contributed by atoms with Crippen LogP contribution in [0.4, 0.5) is 0 Å². The Labute approximate surface area is 120 Å². The molecule has 2 aromatic carbocycles. The van der Waals surface area contributed by atoms with E-state index < -0.39 is 0 Å². The summed E-state index contributed by atoms with van der Waals surface area (Å²) in [6.45, 7) is 0. The number of phenols is 2. The van der Waals surface area contributed by atoms with E-state index in [2.05, 4.69) is 10.1 Å². The Kier molecular flexibility index (Phi) is 3.39. The fraction of sp³-hybridized carbons (Fsp3) is 0. The highest BCUT2D eigenvalue weighted by molar-refractivity contribution is 5.70. The van der Waals surface area contributed by atoms with Crippen LogP contribution in [-0.4, -0.2) is 20.4 Å². The molecule has 0 radical (unpaired) electrons. The zero-order valence-corrected chi connectivity index (χ0v) is 11.0. The van der Waals surface area contributed by atoms with Crippen LogP contribution in [-0.2, 0) is 0 Å². The van der Waals surface area contributed by atoms with Crippen LogP contribution in [0.2, 0.25) is 0 Å². The molecule has 3 rings (SSSR count). The molecule has 3 aromatic rings. The smallest absolute Gasteiger partial charge is 0.261 e. The molecule has 0 saturated heterocycles. The average Bonchev–Trinajstić information content (AvgIpc) is 2.96. The first-order valence-corrected chi connectivity index (χ1v) is 6.32. The van der Waals surface area contributed by atoms with Gasteiger partial charge in [-0.3, -0.25) is 0 Å². The lowest BCUT2D eigenvalue weighted by Crippen LogP contribution is -1.79. The summed E-state index contributed by atoms with van der Waals surface area (Å²) in [6, 6.07) is 13.7. The van der Waals surface area contributed by atoms with Crippen molar-refractivity contribution in [2.45, 2.75) is 0 Å². The largest absolute Gasteiger partial charge is 0.507 e. The van der Waals surface area contributed by atoms with Gasteiger partial charge < -0.3 is 14.7 Å². The molecule has 0 atom stereocenters. The third kappa shape index (κ3) is 2.76. The molecule has 0 spiro atoms. The molecule has 1 heterocycles. The van der Waals surface area contributed by atoms with Crippen molar-refractivity contribution < 1.29 is 14.7 Å². The van der Waals surface area contributed by atoms with Crippen molar-refractivity contribution in [3.05, 3.63) is 59.9 Å². The van der Waals surface area contributed by atoms with Gasteiger partial charge in [-0.15, -0.1) is 0 Å². The van der Waals surface area contributed by atoms with E-state index in [0.29, 0.717) is 17.0 Å². The highest BCUT2D eigenvalue weighted by atomic mass is 16.5. The third-order valence-corrected chi connectivity index (χ3v) is 2.92. The number of para-hydroxylation sites is 2. The summed E-state index contributed by atoms with van der Waals surface area (Å²) in [5.74, 6) is 0.858. The van der Waals surface area contributed by atoms with E-state index in [1.54, 1.807) is 54.6 Å². The normalized spacial score (nSPS) is 11.0. The molecule has 5 heteroatoms. The Morgan fingerprint density at radius 1 is 0.857 bits per heavy atom. The van der Waals surface area contributed by atoms with Crippen molar-refractivity contribution in [1.29, 1.82) is 0 Å². The van der Waals surface area contributed by atoms with Crippen molar-refractivity contribution in [2.75, 3.05) is 0 Å². The van der Waals surface area contributed by atoms with Crippen LogP contribution in [0.15, 0.2) is 53.1 Å². The number of rotatable bonds is 3. The van der Waals surface area contributed by atoms with E-state index in [-0.39, 0.29) is 17.4 Å². The van der Waals surface area contributed by atoms with Crippen LogP contribution in [0.5, 0.6) is 11.5 Å². The first kappa shape index (κ1) is 12.9. The predicted molar refractivity (Wildman–Crippen MR) is 78.4 cm³/mol. The predicted octanol–water partition coefficient (Wildman–Crippen LogP) is 3.32. The van der Waals surface area contributed by atoms with Crippen LogP contribution in [0.25, 0.3) is 23.6 Å². The Hall–Kier alpha value is -3.08. The maximum absolute atomic E-state index is 9.74. The summed E-state index contributed by atoms with van der Waals surface area (Å²) in [4.78, 5) is 4.18. The number of hydrogen-bond acceptors (Lipinski definition) is 5. The lowest BCUT2D eigenvalue weighted by Gasteiger charge is -1.96. The summed E-state index contributed by atoms with van der Waals surface area (Å²) in [6.07, 6.45) is 3.32. The van der Waals surface area contributed by atoms with E-state index in [1.165, 1.54) is 0 Å². The molecule has 0 bridgehead atoms. The minimum atomic E-state index is 0.0809. The van der Waals surface area contributed by atoms with Gasteiger partial charge in [0.15, 0.2) is 5.82 Å². The fourth-order valence-corrected chi connectivity index (χ4v) is 1.86. The minimum absolute atomic E-state index is 0.0809. The van der Waals surface area contributed by atoms with Gasteiger partial charge in [-0.25, -0.2) is 0 Å². The molecular formula is C16H12N2O3. The van der Waals surface area contributed by atoms with Crippen LogP contribution in [0, 0.1) is 0 Å². The molecule has 0 aliphatic rings. The Morgan fingerprint density at radius 2 is 1.57 bits per heavy atom. The number of aromatic nitrogens is 2. The van der Waals surface area contributed by atoms with Crippen LogP contribution < -0.4 is 0 Å². The van der Waals surface area contributed by atoms with Gasteiger partial charge in [0.25, 0.3) is 5.89 Å². The summed E-state index contributed by atoms with van der Waals surface area (Å²) in [5.41, 5.74) is 1.14. The fourth-order valence-electron chi connectivity index (χ4n) is 1.86. The quantitative estimate of drug-likeness (QED) is 0.769. The zero-order valence-electron chi connectivity index (χ0n) is 11.0. The second kappa shape index (κ2) is 5.50. The first-order chi connectivity index (χ1) is 10.2. The second-order valence-electron chi connectivity index (χ2n) is 4.37.